The number of ether oxygens (including phenoxy) is 1. The predicted molar refractivity (Wildman–Crippen MR) is 51.8 cm³/mol. The van der Waals surface area contributed by atoms with Crippen molar-refractivity contribution in [2.75, 3.05) is 13.2 Å². The highest BCUT2D eigenvalue weighted by atomic mass is 19.4. The molecule has 3 N–H and O–H groups in total. The number of alkyl halides is 3. The zero-order valence-electron chi connectivity index (χ0n) is 8.95. The van der Waals surface area contributed by atoms with E-state index in [0.717, 1.165) is 0 Å². The van der Waals surface area contributed by atoms with Crippen molar-refractivity contribution >= 4 is 5.84 Å². The van der Waals surface area contributed by atoms with Gasteiger partial charge < -0.3 is 10.5 Å². The van der Waals surface area contributed by atoms with Crippen LogP contribution in [0.15, 0.2) is 0 Å². The standard InChI is InChI=1S/C9H17F3N2O/c1-8(2,7(13)14)3-5-15-6-4-9(10,11)12/h3-6H2,1-2H3,(H3,13,14). The van der Waals surface area contributed by atoms with Crippen LogP contribution in [-0.2, 0) is 4.74 Å². The van der Waals surface area contributed by atoms with Crippen molar-refractivity contribution in [1.29, 1.82) is 5.41 Å². The minimum Gasteiger partial charge on any atom is -0.387 e. The molecule has 0 aliphatic rings. The molecule has 90 valence electrons. The molecule has 0 amide bonds. The number of hydrogen-bond acceptors (Lipinski definition) is 2. The zero-order valence-corrected chi connectivity index (χ0v) is 8.95. The quantitative estimate of drug-likeness (QED) is 0.415. The van der Waals surface area contributed by atoms with E-state index in [-0.39, 0.29) is 19.0 Å². The Labute approximate surface area is 87.3 Å². The third-order valence-electron chi connectivity index (χ3n) is 2.13. The van der Waals surface area contributed by atoms with E-state index in [1.165, 1.54) is 0 Å². The molecule has 0 atom stereocenters. The lowest BCUT2D eigenvalue weighted by molar-refractivity contribution is -0.145. The van der Waals surface area contributed by atoms with Gasteiger partial charge in [0.05, 0.1) is 18.9 Å². The van der Waals surface area contributed by atoms with Gasteiger partial charge in [-0.1, -0.05) is 13.8 Å². The summed E-state index contributed by atoms with van der Waals surface area (Å²) < 4.78 is 40.0. The van der Waals surface area contributed by atoms with Crippen molar-refractivity contribution in [1.82, 2.24) is 0 Å². The Balaban J connectivity index is 3.60. The highest BCUT2D eigenvalue weighted by Gasteiger charge is 2.27. The summed E-state index contributed by atoms with van der Waals surface area (Å²) >= 11 is 0. The lowest BCUT2D eigenvalue weighted by Gasteiger charge is -2.22. The van der Waals surface area contributed by atoms with Gasteiger partial charge in [0.15, 0.2) is 0 Å². The van der Waals surface area contributed by atoms with Crippen molar-refractivity contribution in [2.45, 2.75) is 32.9 Å². The van der Waals surface area contributed by atoms with Crippen LogP contribution in [0, 0.1) is 10.8 Å². The van der Waals surface area contributed by atoms with Crippen LogP contribution in [0.3, 0.4) is 0 Å². The Morgan fingerprint density at radius 2 is 1.67 bits per heavy atom. The topological polar surface area (TPSA) is 59.1 Å². The van der Waals surface area contributed by atoms with Crippen LogP contribution in [0.1, 0.15) is 26.7 Å². The third-order valence-corrected chi connectivity index (χ3v) is 2.13. The lowest BCUT2D eigenvalue weighted by atomic mass is 9.89. The van der Waals surface area contributed by atoms with Crippen LogP contribution in [0.25, 0.3) is 0 Å². The van der Waals surface area contributed by atoms with Gasteiger partial charge >= 0.3 is 6.18 Å². The summed E-state index contributed by atoms with van der Waals surface area (Å²) in [6.07, 6.45) is -4.66. The van der Waals surface area contributed by atoms with Gasteiger partial charge in [-0.25, -0.2) is 0 Å². The summed E-state index contributed by atoms with van der Waals surface area (Å²) in [5.41, 5.74) is 4.79. The fourth-order valence-electron chi connectivity index (χ4n) is 0.752. The molecule has 3 nitrogen and oxygen atoms in total. The summed E-state index contributed by atoms with van der Waals surface area (Å²) in [6.45, 7) is 3.35. The fourth-order valence-corrected chi connectivity index (χ4v) is 0.752. The summed E-state index contributed by atoms with van der Waals surface area (Å²) in [6, 6.07) is 0. The van der Waals surface area contributed by atoms with Crippen molar-refractivity contribution in [3.63, 3.8) is 0 Å². The Bertz CT molecular complexity index is 214. The summed E-state index contributed by atoms with van der Waals surface area (Å²) in [5, 5.41) is 7.22. The van der Waals surface area contributed by atoms with Gasteiger partial charge in [0.1, 0.15) is 0 Å². The van der Waals surface area contributed by atoms with Crippen molar-refractivity contribution < 1.29 is 17.9 Å². The van der Waals surface area contributed by atoms with E-state index >= 15 is 0 Å². The predicted octanol–water partition coefficient (Wildman–Crippen LogP) is 2.31. The van der Waals surface area contributed by atoms with Crippen LogP contribution in [0.2, 0.25) is 0 Å². The van der Waals surface area contributed by atoms with Crippen molar-refractivity contribution in [3.8, 4) is 0 Å². The van der Waals surface area contributed by atoms with Gasteiger partial charge in [0.25, 0.3) is 0 Å². The molecule has 0 aromatic rings. The maximum absolute atomic E-state index is 11.7. The van der Waals surface area contributed by atoms with E-state index in [9.17, 15) is 13.2 Å². The number of halogens is 3. The largest absolute Gasteiger partial charge is 0.391 e. The SMILES string of the molecule is CC(C)(CCOCCC(F)(F)F)C(=N)N. The second-order valence-corrected chi connectivity index (χ2v) is 4.03. The van der Waals surface area contributed by atoms with E-state index < -0.39 is 18.0 Å². The van der Waals surface area contributed by atoms with Crippen LogP contribution in [0.4, 0.5) is 13.2 Å². The van der Waals surface area contributed by atoms with Gasteiger partial charge in [-0.05, 0) is 6.42 Å². The zero-order chi connectivity index (χ0) is 12.1. The number of amidine groups is 1. The van der Waals surface area contributed by atoms with E-state index in [0.29, 0.717) is 6.42 Å². The Kier molecular flexibility index (Phi) is 5.07. The Morgan fingerprint density at radius 3 is 2.07 bits per heavy atom. The highest BCUT2D eigenvalue weighted by molar-refractivity contribution is 5.82. The molecule has 0 aromatic carbocycles. The molecule has 0 spiro atoms. The van der Waals surface area contributed by atoms with Crippen molar-refractivity contribution in [2.24, 2.45) is 11.1 Å². The lowest BCUT2D eigenvalue weighted by Crippen LogP contribution is -2.32. The fraction of sp³-hybridized carbons (Fsp3) is 0.889. The monoisotopic (exact) mass is 226 g/mol. The molecule has 0 aromatic heterocycles. The Morgan fingerprint density at radius 1 is 1.20 bits per heavy atom. The molecule has 15 heavy (non-hydrogen) atoms. The van der Waals surface area contributed by atoms with E-state index in [2.05, 4.69) is 0 Å². The second-order valence-electron chi connectivity index (χ2n) is 4.03. The molecule has 0 radical (unpaired) electrons. The van der Waals surface area contributed by atoms with Crippen LogP contribution in [0.5, 0.6) is 0 Å². The molecule has 0 fully saturated rings. The van der Waals surface area contributed by atoms with Crippen LogP contribution in [-0.4, -0.2) is 25.2 Å². The smallest absolute Gasteiger partial charge is 0.387 e. The number of nitrogens with one attached hydrogen (secondary N) is 1. The first-order valence-corrected chi connectivity index (χ1v) is 4.64. The summed E-state index contributed by atoms with van der Waals surface area (Å²) in [4.78, 5) is 0. The summed E-state index contributed by atoms with van der Waals surface area (Å²) in [7, 11) is 0. The van der Waals surface area contributed by atoms with E-state index in [4.69, 9.17) is 15.9 Å². The normalized spacial score (nSPS) is 12.9. The summed E-state index contributed by atoms with van der Waals surface area (Å²) in [5.74, 6) is 0.0157. The molecule has 0 aliphatic heterocycles. The molecular formula is C9H17F3N2O. The first-order chi connectivity index (χ1) is 6.65. The van der Waals surface area contributed by atoms with Gasteiger partial charge in [0, 0.05) is 12.0 Å². The van der Waals surface area contributed by atoms with Gasteiger partial charge in [-0.15, -0.1) is 0 Å². The van der Waals surface area contributed by atoms with Crippen molar-refractivity contribution in [3.05, 3.63) is 0 Å². The van der Waals surface area contributed by atoms with Crippen LogP contribution < -0.4 is 5.73 Å². The average Bonchev–Trinajstić information content (AvgIpc) is 2.00. The first kappa shape index (κ1) is 14.2. The molecule has 0 saturated heterocycles. The second kappa shape index (κ2) is 5.34. The number of rotatable bonds is 6. The minimum atomic E-state index is -4.17. The Hall–Kier alpha value is -0.780. The molecule has 6 heteroatoms. The molecule has 0 bridgehead atoms. The highest BCUT2D eigenvalue weighted by Crippen LogP contribution is 2.21. The molecule has 0 unspecified atom stereocenters. The molecule has 0 heterocycles. The molecule has 0 saturated carbocycles. The molecular weight excluding hydrogens is 209 g/mol. The van der Waals surface area contributed by atoms with Crippen LogP contribution >= 0.6 is 0 Å². The van der Waals surface area contributed by atoms with Gasteiger partial charge in [-0.3, -0.25) is 5.41 Å². The number of nitrogens with two attached hydrogens (primary N) is 1. The average molecular weight is 226 g/mol. The maximum atomic E-state index is 11.7. The number of hydrogen-bond donors (Lipinski definition) is 2. The minimum absolute atomic E-state index is 0.0157. The van der Waals surface area contributed by atoms with Gasteiger partial charge in [0.2, 0.25) is 0 Å². The van der Waals surface area contributed by atoms with Gasteiger partial charge in [-0.2, -0.15) is 13.2 Å². The first-order valence-electron chi connectivity index (χ1n) is 4.64. The third kappa shape index (κ3) is 7.18. The maximum Gasteiger partial charge on any atom is 0.391 e. The van der Waals surface area contributed by atoms with E-state index in [1.54, 1.807) is 13.8 Å². The van der Waals surface area contributed by atoms with E-state index in [1.807, 2.05) is 0 Å². The molecule has 0 aliphatic carbocycles. The molecule has 0 rings (SSSR count).